The lowest BCUT2D eigenvalue weighted by atomic mass is 10.1. The minimum atomic E-state index is -0.0391. The highest BCUT2D eigenvalue weighted by atomic mass is 16.5. The van der Waals surface area contributed by atoms with E-state index in [1.807, 2.05) is 13.8 Å². The second kappa shape index (κ2) is 6.59. The number of hydrogen-bond acceptors (Lipinski definition) is 3. The predicted octanol–water partition coefficient (Wildman–Crippen LogP) is 0.539. The Labute approximate surface area is 102 Å². The van der Waals surface area contributed by atoms with Crippen LogP contribution in [0.1, 0.15) is 33.6 Å². The van der Waals surface area contributed by atoms with Gasteiger partial charge in [-0.25, -0.2) is 0 Å². The smallest absolute Gasteiger partial charge is 0.248 e. The molecule has 0 saturated carbocycles. The Morgan fingerprint density at radius 1 is 1.47 bits per heavy atom. The number of rotatable bonds is 4. The van der Waals surface area contributed by atoms with Crippen LogP contribution in [0.2, 0.25) is 0 Å². The molecular weight excluding hydrogens is 220 g/mol. The number of amides is 2. The third kappa shape index (κ3) is 5.17. The first-order valence-corrected chi connectivity index (χ1v) is 6.15. The second-order valence-corrected chi connectivity index (χ2v) is 4.74. The molecule has 1 N–H and O–H groups in total. The molecule has 0 aromatic rings. The molecule has 98 valence electrons. The molecular formula is C12H22N2O3. The molecule has 1 unspecified atom stereocenters. The van der Waals surface area contributed by atoms with E-state index < -0.39 is 0 Å². The lowest BCUT2D eigenvalue weighted by molar-refractivity contribution is -0.139. The Bertz CT molecular complexity index is 279. The van der Waals surface area contributed by atoms with Gasteiger partial charge in [0.2, 0.25) is 11.8 Å². The van der Waals surface area contributed by atoms with Gasteiger partial charge in [-0.15, -0.1) is 0 Å². The highest BCUT2D eigenvalue weighted by Gasteiger charge is 2.24. The second-order valence-electron chi connectivity index (χ2n) is 4.74. The number of ether oxygens (including phenoxy) is 1. The first-order chi connectivity index (χ1) is 7.99. The summed E-state index contributed by atoms with van der Waals surface area (Å²) < 4.78 is 5.29. The van der Waals surface area contributed by atoms with Crippen molar-refractivity contribution in [3.63, 3.8) is 0 Å². The zero-order valence-electron chi connectivity index (χ0n) is 10.9. The predicted molar refractivity (Wildman–Crippen MR) is 64.5 cm³/mol. The summed E-state index contributed by atoms with van der Waals surface area (Å²) in [7, 11) is 0. The highest BCUT2D eigenvalue weighted by molar-refractivity contribution is 5.78. The molecule has 1 rings (SSSR count). The molecule has 1 aliphatic heterocycles. The minimum absolute atomic E-state index is 0.00810. The number of nitrogens with zero attached hydrogens (tertiary/aromatic N) is 1. The topological polar surface area (TPSA) is 58.6 Å². The fraction of sp³-hybridized carbons (Fsp3) is 0.833. The van der Waals surface area contributed by atoms with Gasteiger partial charge in [0.05, 0.1) is 6.10 Å². The molecule has 2 amide bonds. The number of hydrogen-bond donors (Lipinski definition) is 1. The van der Waals surface area contributed by atoms with Crippen molar-refractivity contribution in [3.05, 3.63) is 0 Å². The van der Waals surface area contributed by atoms with Crippen molar-refractivity contribution in [2.75, 3.05) is 19.7 Å². The standard InChI is InChI=1S/C12H22N2O3/c1-9(2)17-8-12(16)14-6-4-5-11(7-14)13-10(3)15/h9,11H,4-8H2,1-3H3,(H,13,15). The van der Waals surface area contributed by atoms with Crippen molar-refractivity contribution < 1.29 is 14.3 Å². The molecule has 1 atom stereocenters. The van der Waals surface area contributed by atoms with E-state index in [1.54, 1.807) is 4.90 Å². The molecule has 0 aromatic heterocycles. The number of carbonyl (C=O) groups excluding carboxylic acids is 2. The summed E-state index contributed by atoms with van der Waals surface area (Å²) >= 11 is 0. The molecule has 0 aliphatic carbocycles. The van der Waals surface area contributed by atoms with Crippen molar-refractivity contribution in [1.82, 2.24) is 10.2 Å². The van der Waals surface area contributed by atoms with Crippen LogP contribution < -0.4 is 5.32 Å². The van der Waals surface area contributed by atoms with E-state index in [4.69, 9.17) is 4.74 Å². The first kappa shape index (κ1) is 14.0. The molecule has 0 spiro atoms. The average molecular weight is 242 g/mol. The molecule has 1 saturated heterocycles. The van der Waals surface area contributed by atoms with Crippen LogP contribution in [0.15, 0.2) is 0 Å². The number of piperidine rings is 1. The van der Waals surface area contributed by atoms with E-state index in [0.29, 0.717) is 6.54 Å². The maximum absolute atomic E-state index is 11.8. The molecule has 17 heavy (non-hydrogen) atoms. The molecule has 1 aliphatic rings. The van der Waals surface area contributed by atoms with Gasteiger partial charge in [-0.3, -0.25) is 9.59 Å². The quantitative estimate of drug-likeness (QED) is 0.782. The maximum atomic E-state index is 11.8. The molecule has 5 nitrogen and oxygen atoms in total. The van der Waals surface area contributed by atoms with Gasteiger partial charge < -0.3 is 15.0 Å². The Kier molecular flexibility index (Phi) is 5.41. The Morgan fingerprint density at radius 2 is 2.18 bits per heavy atom. The van der Waals surface area contributed by atoms with E-state index in [2.05, 4.69) is 5.32 Å². The van der Waals surface area contributed by atoms with Gasteiger partial charge in [-0.05, 0) is 26.7 Å². The van der Waals surface area contributed by atoms with Crippen LogP contribution in [0.4, 0.5) is 0 Å². The Morgan fingerprint density at radius 3 is 2.76 bits per heavy atom. The van der Waals surface area contributed by atoms with Crippen LogP contribution in [-0.2, 0) is 14.3 Å². The van der Waals surface area contributed by atoms with Gasteiger partial charge in [0.25, 0.3) is 0 Å². The normalized spacial score (nSPS) is 20.5. The van der Waals surface area contributed by atoms with Crippen molar-refractivity contribution in [3.8, 4) is 0 Å². The lowest BCUT2D eigenvalue weighted by Crippen LogP contribution is -2.50. The van der Waals surface area contributed by atoms with Crippen LogP contribution in [0.25, 0.3) is 0 Å². The molecule has 0 radical (unpaired) electrons. The number of nitrogens with one attached hydrogen (secondary N) is 1. The molecule has 0 aromatic carbocycles. The van der Waals surface area contributed by atoms with Gasteiger partial charge in [-0.2, -0.15) is 0 Å². The van der Waals surface area contributed by atoms with Crippen LogP contribution in [0.3, 0.4) is 0 Å². The van der Waals surface area contributed by atoms with Crippen LogP contribution in [0.5, 0.6) is 0 Å². The summed E-state index contributed by atoms with van der Waals surface area (Å²) in [5.41, 5.74) is 0. The lowest BCUT2D eigenvalue weighted by Gasteiger charge is -2.33. The van der Waals surface area contributed by atoms with Gasteiger partial charge >= 0.3 is 0 Å². The van der Waals surface area contributed by atoms with Crippen LogP contribution >= 0.6 is 0 Å². The van der Waals surface area contributed by atoms with E-state index in [9.17, 15) is 9.59 Å². The zero-order valence-corrected chi connectivity index (χ0v) is 10.9. The maximum Gasteiger partial charge on any atom is 0.248 e. The van der Waals surface area contributed by atoms with Gasteiger partial charge in [0.1, 0.15) is 6.61 Å². The summed E-state index contributed by atoms with van der Waals surface area (Å²) in [5.74, 6) is -0.0310. The molecule has 0 bridgehead atoms. The largest absolute Gasteiger partial charge is 0.369 e. The molecule has 1 fully saturated rings. The summed E-state index contributed by atoms with van der Waals surface area (Å²) in [5, 5.41) is 2.86. The van der Waals surface area contributed by atoms with Gasteiger partial charge in [-0.1, -0.05) is 0 Å². The van der Waals surface area contributed by atoms with E-state index in [1.165, 1.54) is 6.92 Å². The first-order valence-electron chi connectivity index (χ1n) is 6.15. The average Bonchev–Trinajstić information content (AvgIpc) is 2.25. The molecule has 5 heteroatoms. The van der Waals surface area contributed by atoms with Crippen molar-refractivity contribution in [2.24, 2.45) is 0 Å². The van der Waals surface area contributed by atoms with E-state index in [-0.39, 0.29) is 30.6 Å². The number of carbonyl (C=O) groups is 2. The van der Waals surface area contributed by atoms with Gasteiger partial charge in [0.15, 0.2) is 0 Å². The van der Waals surface area contributed by atoms with E-state index in [0.717, 1.165) is 19.4 Å². The fourth-order valence-electron chi connectivity index (χ4n) is 1.94. The summed E-state index contributed by atoms with van der Waals surface area (Å²) in [4.78, 5) is 24.6. The monoisotopic (exact) mass is 242 g/mol. The van der Waals surface area contributed by atoms with Crippen LogP contribution in [0, 0.1) is 0 Å². The van der Waals surface area contributed by atoms with Gasteiger partial charge in [0, 0.05) is 26.1 Å². The van der Waals surface area contributed by atoms with Crippen LogP contribution in [-0.4, -0.2) is 48.6 Å². The molecule has 1 heterocycles. The summed E-state index contributed by atoms with van der Waals surface area (Å²) in [6, 6.07) is 0.0873. The highest BCUT2D eigenvalue weighted by Crippen LogP contribution is 2.10. The SMILES string of the molecule is CC(=O)NC1CCCN(C(=O)COC(C)C)C1. The Hall–Kier alpha value is -1.10. The third-order valence-corrected chi connectivity index (χ3v) is 2.72. The summed E-state index contributed by atoms with van der Waals surface area (Å²) in [6.07, 6.45) is 1.93. The van der Waals surface area contributed by atoms with E-state index >= 15 is 0 Å². The fourth-order valence-corrected chi connectivity index (χ4v) is 1.94. The van der Waals surface area contributed by atoms with Crippen molar-refractivity contribution in [2.45, 2.75) is 45.8 Å². The number of likely N-dealkylation sites (tertiary alicyclic amines) is 1. The summed E-state index contributed by atoms with van der Waals surface area (Å²) in [6.45, 7) is 6.80. The Balaban J connectivity index is 2.37. The van der Waals surface area contributed by atoms with Crippen molar-refractivity contribution in [1.29, 1.82) is 0 Å². The van der Waals surface area contributed by atoms with Crippen molar-refractivity contribution >= 4 is 11.8 Å². The third-order valence-electron chi connectivity index (χ3n) is 2.72. The minimum Gasteiger partial charge on any atom is -0.369 e. The zero-order chi connectivity index (χ0) is 12.8.